The van der Waals surface area contributed by atoms with Gasteiger partial charge in [-0.2, -0.15) is 16.8 Å². The van der Waals surface area contributed by atoms with Crippen molar-refractivity contribution in [2.24, 2.45) is 0 Å². The van der Waals surface area contributed by atoms with E-state index in [1.165, 1.54) is 0 Å². The Kier molecular flexibility index (Phi) is 6.52. The first-order valence-corrected chi connectivity index (χ1v) is 8.71. The molecule has 0 radical (unpaired) electrons. The molecule has 2 N–H and O–H groups in total. The summed E-state index contributed by atoms with van der Waals surface area (Å²) >= 11 is 0. The van der Waals surface area contributed by atoms with Crippen LogP contribution in [0.2, 0.25) is 0 Å². The van der Waals surface area contributed by atoms with Crippen molar-refractivity contribution < 1.29 is 30.4 Å². The summed E-state index contributed by atoms with van der Waals surface area (Å²) in [4.78, 5) is 0. The van der Waals surface area contributed by atoms with E-state index in [1.54, 1.807) is 14.0 Å². The molecular weight excluding hydrogens is 305 g/mol. The number of rotatable bonds is 4. The molecule has 0 saturated carbocycles. The number of hydrogen-bond donors (Lipinski definition) is 2. The molecule has 0 aromatic rings. The third-order valence-corrected chi connectivity index (χ3v) is 6.67. The van der Waals surface area contributed by atoms with Gasteiger partial charge in [0.2, 0.25) is 0 Å². The molecular formula is C9H21NNaO6S2+. The van der Waals surface area contributed by atoms with E-state index in [-0.39, 0.29) is 40.6 Å². The van der Waals surface area contributed by atoms with Crippen LogP contribution >= 0.6 is 0 Å². The van der Waals surface area contributed by atoms with Gasteiger partial charge in [-0.25, -0.2) is 0 Å². The van der Waals surface area contributed by atoms with Crippen molar-refractivity contribution in [2.45, 2.75) is 36.8 Å². The summed E-state index contributed by atoms with van der Waals surface area (Å²) in [6, 6.07) is -0.591. The van der Waals surface area contributed by atoms with Crippen LogP contribution < -0.4 is 0 Å². The van der Waals surface area contributed by atoms with E-state index in [9.17, 15) is 21.4 Å². The quantitative estimate of drug-likeness (QED) is 0.394. The van der Waals surface area contributed by atoms with E-state index >= 15 is 0 Å². The molecule has 1 aliphatic heterocycles. The predicted octanol–water partition coefficient (Wildman–Crippen LogP) is -0.891. The Bertz CT molecular complexity index is 519. The van der Waals surface area contributed by atoms with E-state index in [1.807, 2.05) is 6.92 Å². The molecule has 19 heavy (non-hydrogen) atoms. The molecule has 110 valence electrons. The Morgan fingerprint density at radius 1 is 1.16 bits per heavy atom. The number of nitrogens with zero attached hydrogens (tertiary/aromatic N) is 1. The molecule has 7 nitrogen and oxygen atoms in total. The van der Waals surface area contributed by atoms with Crippen LogP contribution in [-0.4, -0.2) is 96.7 Å². The number of quaternary nitrogens is 1. The molecule has 1 fully saturated rings. The Morgan fingerprint density at radius 3 is 1.89 bits per heavy atom. The first-order chi connectivity index (χ1) is 7.93. The van der Waals surface area contributed by atoms with E-state index < -0.39 is 36.8 Å². The first-order valence-electron chi connectivity index (χ1n) is 5.70. The van der Waals surface area contributed by atoms with Gasteiger partial charge < -0.3 is 4.48 Å². The van der Waals surface area contributed by atoms with Gasteiger partial charge in [0, 0.05) is 0 Å². The van der Waals surface area contributed by atoms with Gasteiger partial charge >= 0.3 is 29.6 Å². The second-order valence-electron chi connectivity index (χ2n) is 5.16. The monoisotopic (exact) mass is 326 g/mol. The summed E-state index contributed by atoms with van der Waals surface area (Å²) in [6.45, 7) is 4.05. The molecule has 4 unspecified atom stereocenters. The van der Waals surface area contributed by atoms with Gasteiger partial charge in [0.05, 0.1) is 20.1 Å². The third kappa shape index (κ3) is 4.13. The van der Waals surface area contributed by atoms with Gasteiger partial charge in [0.15, 0.2) is 10.5 Å². The van der Waals surface area contributed by atoms with Crippen LogP contribution in [0.15, 0.2) is 0 Å². The van der Waals surface area contributed by atoms with Crippen LogP contribution in [0.3, 0.4) is 0 Å². The van der Waals surface area contributed by atoms with Crippen molar-refractivity contribution in [2.75, 3.05) is 20.1 Å². The summed E-state index contributed by atoms with van der Waals surface area (Å²) in [5.41, 5.74) is 0. The molecule has 1 saturated heterocycles. The molecule has 0 aliphatic carbocycles. The summed E-state index contributed by atoms with van der Waals surface area (Å²) in [6.07, 6.45) is 0.747. The minimum atomic E-state index is -4.53. The number of hydrogen-bond acceptors (Lipinski definition) is 4. The number of likely N-dealkylation sites (tertiary alicyclic amines) is 1. The topological polar surface area (TPSA) is 109 Å². The van der Waals surface area contributed by atoms with Gasteiger partial charge in [-0.05, 0) is 13.3 Å². The van der Waals surface area contributed by atoms with Crippen molar-refractivity contribution in [1.82, 2.24) is 0 Å². The second kappa shape index (κ2) is 6.27. The standard InChI is InChI=1S/C9H19NO6S2.Na.H/c1-4-5-10(3)6-8(17(11,12)13)9(7(10)2)18(14,15)16;;/h7-9H,4-6H2,1-3H3,(H-,11,12,13,14,15,16);;/p+1. The van der Waals surface area contributed by atoms with Crippen LogP contribution in [0, 0.1) is 0 Å². The zero-order valence-corrected chi connectivity index (χ0v) is 12.3. The summed E-state index contributed by atoms with van der Waals surface area (Å²) in [5.74, 6) is 0. The van der Waals surface area contributed by atoms with Crippen molar-refractivity contribution in [3.63, 3.8) is 0 Å². The fourth-order valence-corrected chi connectivity index (χ4v) is 6.06. The molecule has 1 heterocycles. The van der Waals surface area contributed by atoms with Crippen LogP contribution in [0.5, 0.6) is 0 Å². The van der Waals surface area contributed by atoms with Crippen LogP contribution in [-0.2, 0) is 20.2 Å². The molecule has 0 spiro atoms. The van der Waals surface area contributed by atoms with Gasteiger partial charge in [0.25, 0.3) is 20.2 Å². The fraction of sp³-hybridized carbons (Fsp3) is 1.00. The average Bonchev–Trinajstić information content (AvgIpc) is 2.38. The van der Waals surface area contributed by atoms with Crippen molar-refractivity contribution in [3.8, 4) is 0 Å². The third-order valence-electron chi connectivity index (χ3n) is 3.88. The van der Waals surface area contributed by atoms with E-state index in [2.05, 4.69) is 0 Å². The van der Waals surface area contributed by atoms with Gasteiger partial charge in [-0.3, -0.25) is 9.11 Å². The summed E-state index contributed by atoms with van der Waals surface area (Å²) in [7, 11) is -7.31. The maximum absolute atomic E-state index is 11.4. The van der Waals surface area contributed by atoms with Gasteiger partial charge in [-0.1, -0.05) is 6.92 Å². The maximum atomic E-state index is 11.4. The molecule has 1 rings (SSSR count). The van der Waals surface area contributed by atoms with E-state index in [4.69, 9.17) is 4.55 Å². The molecule has 10 heteroatoms. The SMILES string of the molecule is CCC[N+]1(C)CC(S(=O)(=O)O)C(S(=O)(=O)O)C1C.[NaH]. The molecule has 1 aliphatic rings. The molecule has 0 aromatic heterocycles. The Hall–Kier alpha value is 0.780. The van der Waals surface area contributed by atoms with Crippen LogP contribution in [0.1, 0.15) is 20.3 Å². The average molecular weight is 326 g/mol. The summed E-state index contributed by atoms with van der Waals surface area (Å²) < 4.78 is 63.9. The van der Waals surface area contributed by atoms with Crippen LogP contribution in [0.4, 0.5) is 0 Å². The van der Waals surface area contributed by atoms with E-state index in [0.717, 1.165) is 6.42 Å². The zero-order chi connectivity index (χ0) is 14.4. The van der Waals surface area contributed by atoms with Gasteiger partial charge in [-0.15, -0.1) is 0 Å². The van der Waals surface area contributed by atoms with Gasteiger partial charge in [0.1, 0.15) is 6.04 Å². The van der Waals surface area contributed by atoms with Crippen LogP contribution in [0.25, 0.3) is 0 Å². The zero-order valence-electron chi connectivity index (χ0n) is 10.6. The van der Waals surface area contributed by atoms with E-state index in [0.29, 0.717) is 6.54 Å². The fourth-order valence-electron chi connectivity index (χ4n) is 2.86. The Morgan fingerprint density at radius 2 is 1.63 bits per heavy atom. The molecule has 0 amide bonds. The minimum absolute atomic E-state index is 0. The molecule has 0 bridgehead atoms. The predicted molar refractivity (Wildman–Crippen MR) is 73.5 cm³/mol. The first kappa shape index (κ1) is 19.8. The second-order valence-corrected chi connectivity index (χ2v) is 8.37. The normalized spacial score (nSPS) is 35.9. The Labute approximate surface area is 136 Å². The van der Waals surface area contributed by atoms with Crippen molar-refractivity contribution >= 4 is 49.8 Å². The van der Waals surface area contributed by atoms with Crippen molar-refractivity contribution in [3.05, 3.63) is 0 Å². The molecule has 4 atom stereocenters. The summed E-state index contributed by atoms with van der Waals surface area (Å²) in [5, 5.41) is -2.96. The van der Waals surface area contributed by atoms with Crippen molar-refractivity contribution in [1.29, 1.82) is 0 Å². The Balaban J connectivity index is 0.00000324. The molecule has 0 aromatic carbocycles.